The molecule has 1 aliphatic rings. The largest absolute Gasteiger partial charge is 0.497 e. The van der Waals surface area contributed by atoms with Crippen molar-refractivity contribution < 1.29 is 9.53 Å². The Morgan fingerprint density at radius 1 is 1.29 bits per heavy atom. The topological polar surface area (TPSA) is 55.3 Å². The number of carbonyl (C=O) groups excluding carboxylic acids is 1. The summed E-state index contributed by atoms with van der Waals surface area (Å²) in [6, 6.07) is 7.73. The number of aromatic nitrogens is 2. The average molecular weight is 325 g/mol. The van der Waals surface area contributed by atoms with E-state index < -0.39 is 0 Å². The van der Waals surface area contributed by atoms with Crippen LogP contribution in [0.4, 0.5) is 0 Å². The van der Waals surface area contributed by atoms with Crippen molar-refractivity contribution in [2.45, 2.75) is 33.2 Å². The van der Waals surface area contributed by atoms with Crippen LogP contribution in [0.1, 0.15) is 31.5 Å². The van der Waals surface area contributed by atoms with Gasteiger partial charge < -0.3 is 9.64 Å². The molecule has 1 aromatic carbocycles. The van der Waals surface area contributed by atoms with E-state index in [-0.39, 0.29) is 5.91 Å². The Morgan fingerprint density at radius 2 is 2.04 bits per heavy atom. The van der Waals surface area contributed by atoms with Gasteiger partial charge in [-0.05, 0) is 30.2 Å². The Balaban J connectivity index is 1.77. The van der Waals surface area contributed by atoms with E-state index in [1.807, 2.05) is 35.4 Å². The van der Waals surface area contributed by atoms with Crippen molar-refractivity contribution in [2.24, 2.45) is 5.92 Å². The monoisotopic (exact) mass is 325 g/mol. The summed E-state index contributed by atoms with van der Waals surface area (Å²) in [6.07, 6.45) is 3.24. The lowest BCUT2D eigenvalue weighted by molar-refractivity contribution is -0.132. The Kier molecular flexibility index (Phi) is 4.79. The van der Waals surface area contributed by atoms with Gasteiger partial charge in [-0.2, -0.15) is 0 Å². The van der Waals surface area contributed by atoms with Crippen LogP contribution >= 0.6 is 0 Å². The summed E-state index contributed by atoms with van der Waals surface area (Å²) < 4.78 is 5.18. The second kappa shape index (κ2) is 6.99. The highest BCUT2D eigenvalue weighted by Gasteiger charge is 2.22. The Labute approximate surface area is 142 Å². The van der Waals surface area contributed by atoms with Gasteiger partial charge in [0.2, 0.25) is 5.91 Å². The van der Waals surface area contributed by atoms with E-state index in [9.17, 15) is 4.79 Å². The molecule has 0 saturated carbocycles. The van der Waals surface area contributed by atoms with Gasteiger partial charge in [0, 0.05) is 43.3 Å². The van der Waals surface area contributed by atoms with Crippen LogP contribution in [0.2, 0.25) is 0 Å². The van der Waals surface area contributed by atoms with E-state index in [0.717, 1.165) is 41.4 Å². The molecule has 5 heteroatoms. The molecule has 1 aromatic heterocycles. The molecule has 2 aromatic rings. The van der Waals surface area contributed by atoms with Gasteiger partial charge in [-0.3, -0.25) is 4.79 Å². The summed E-state index contributed by atoms with van der Waals surface area (Å²) in [5.41, 5.74) is 3.07. The fraction of sp³-hybridized carbons (Fsp3) is 0.421. The molecular formula is C19H23N3O2. The van der Waals surface area contributed by atoms with Crippen LogP contribution in [0.3, 0.4) is 0 Å². The van der Waals surface area contributed by atoms with Crippen molar-refractivity contribution in [3.8, 4) is 17.1 Å². The molecule has 5 nitrogen and oxygen atoms in total. The summed E-state index contributed by atoms with van der Waals surface area (Å²) in [4.78, 5) is 23.3. The third-order valence-corrected chi connectivity index (χ3v) is 4.22. The highest BCUT2D eigenvalue weighted by atomic mass is 16.5. The molecule has 0 saturated heterocycles. The van der Waals surface area contributed by atoms with Crippen LogP contribution in [0, 0.1) is 5.92 Å². The molecule has 0 spiro atoms. The van der Waals surface area contributed by atoms with Gasteiger partial charge >= 0.3 is 0 Å². The maximum atomic E-state index is 12.2. The first kappa shape index (κ1) is 16.4. The molecule has 0 aliphatic carbocycles. The summed E-state index contributed by atoms with van der Waals surface area (Å²) in [5.74, 6) is 2.14. The smallest absolute Gasteiger partial charge is 0.223 e. The molecule has 2 heterocycles. The van der Waals surface area contributed by atoms with Crippen molar-refractivity contribution in [1.29, 1.82) is 0 Å². The molecule has 0 N–H and O–H groups in total. The number of carbonyl (C=O) groups is 1. The first-order valence-electron chi connectivity index (χ1n) is 8.34. The number of amides is 1. The first-order chi connectivity index (χ1) is 11.6. The lowest BCUT2D eigenvalue weighted by Gasteiger charge is -2.28. The second-order valence-corrected chi connectivity index (χ2v) is 6.56. The Hall–Kier alpha value is -2.43. The number of ether oxygens (including phenoxy) is 1. The van der Waals surface area contributed by atoms with Gasteiger partial charge in [-0.15, -0.1) is 0 Å². The molecule has 0 radical (unpaired) electrons. The lowest BCUT2D eigenvalue weighted by atomic mass is 10.0. The van der Waals surface area contributed by atoms with Crippen LogP contribution in [-0.2, 0) is 17.8 Å². The number of hydrogen-bond acceptors (Lipinski definition) is 4. The number of benzene rings is 1. The minimum absolute atomic E-state index is 0.217. The molecule has 0 unspecified atom stereocenters. The fourth-order valence-corrected chi connectivity index (χ4v) is 2.89. The van der Waals surface area contributed by atoms with Gasteiger partial charge in [0.15, 0.2) is 5.82 Å². The average Bonchev–Trinajstić information content (AvgIpc) is 2.60. The van der Waals surface area contributed by atoms with Crippen LogP contribution in [-0.4, -0.2) is 34.4 Å². The number of hydrogen-bond donors (Lipinski definition) is 0. The summed E-state index contributed by atoms with van der Waals surface area (Å²) in [6.45, 7) is 5.49. The van der Waals surface area contributed by atoms with Crippen LogP contribution in [0.5, 0.6) is 5.75 Å². The molecule has 1 aliphatic heterocycles. The van der Waals surface area contributed by atoms with E-state index in [0.29, 0.717) is 18.9 Å². The van der Waals surface area contributed by atoms with Crippen LogP contribution < -0.4 is 4.74 Å². The number of fused-ring (bicyclic) bond motifs is 1. The quantitative estimate of drug-likeness (QED) is 0.867. The number of rotatable bonds is 4. The standard InChI is InChI=1S/C19H23N3O2/c1-13(2)10-18(23)22-9-8-17-15(12-22)11-20-19(21-17)14-4-6-16(24-3)7-5-14/h4-7,11,13H,8-10,12H2,1-3H3. The van der Waals surface area contributed by atoms with Crippen molar-refractivity contribution in [1.82, 2.24) is 14.9 Å². The van der Waals surface area contributed by atoms with Crippen molar-refractivity contribution >= 4 is 5.91 Å². The van der Waals surface area contributed by atoms with Gasteiger partial charge in [0.25, 0.3) is 0 Å². The third kappa shape index (κ3) is 3.55. The second-order valence-electron chi connectivity index (χ2n) is 6.56. The zero-order chi connectivity index (χ0) is 17.1. The highest BCUT2D eigenvalue weighted by Crippen LogP contribution is 2.23. The van der Waals surface area contributed by atoms with Gasteiger partial charge in [0.1, 0.15) is 5.75 Å². The normalized spacial score (nSPS) is 13.8. The third-order valence-electron chi connectivity index (χ3n) is 4.22. The lowest BCUT2D eigenvalue weighted by Crippen LogP contribution is -2.37. The molecule has 0 bridgehead atoms. The number of nitrogens with zero attached hydrogens (tertiary/aromatic N) is 3. The highest BCUT2D eigenvalue weighted by molar-refractivity contribution is 5.76. The first-order valence-corrected chi connectivity index (χ1v) is 8.34. The number of methoxy groups -OCH3 is 1. The Morgan fingerprint density at radius 3 is 2.71 bits per heavy atom. The summed E-state index contributed by atoms with van der Waals surface area (Å²) in [5, 5.41) is 0. The molecule has 3 rings (SSSR count). The maximum Gasteiger partial charge on any atom is 0.223 e. The predicted octanol–water partition coefficient (Wildman–Crippen LogP) is 3.08. The van der Waals surface area contributed by atoms with Gasteiger partial charge in [-0.1, -0.05) is 13.8 Å². The van der Waals surface area contributed by atoms with E-state index in [4.69, 9.17) is 9.72 Å². The Bertz CT molecular complexity index is 726. The molecular weight excluding hydrogens is 302 g/mol. The van der Waals surface area contributed by atoms with Crippen molar-refractivity contribution in [3.63, 3.8) is 0 Å². The minimum atomic E-state index is 0.217. The van der Waals surface area contributed by atoms with Gasteiger partial charge in [0.05, 0.1) is 12.8 Å². The molecule has 126 valence electrons. The molecule has 24 heavy (non-hydrogen) atoms. The predicted molar refractivity (Wildman–Crippen MR) is 92.6 cm³/mol. The van der Waals surface area contributed by atoms with E-state index in [1.165, 1.54) is 0 Å². The van der Waals surface area contributed by atoms with E-state index >= 15 is 0 Å². The van der Waals surface area contributed by atoms with Gasteiger partial charge in [-0.25, -0.2) is 9.97 Å². The van der Waals surface area contributed by atoms with Crippen LogP contribution in [0.15, 0.2) is 30.5 Å². The van der Waals surface area contributed by atoms with E-state index in [1.54, 1.807) is 7.11 Å². The molecule has 0 atom stereocenters. The van der Waals surface area contributed by atoms with Crippen molar-refractivity contribution in [3.05, 3.63) is 41.7 Å². The van der Waals surface area contributed by atoms with E-state index in [2.05, 4.69) is 18.8 Å². The van der Waals surface area contributed by atoms with Crippen LogP contribution in [0.25, 0.3) is 11.4 Å². The minimum Gasteiger partial charge on any atom is -0.497 e. The summed E-state index contributed by atoms with van der Waals surface area (Å²) >= 11 is 0. The maximum absolute atomic E-state index is 12.2. The summed E-state index contributed by atoms with van der Waals surface area (Å²) in [7, 11) is 1.65. The molecule has 0 fully saturated rings. The molecule has 1 amide bonds. The zero-order valence-corrected chi connectivity index (χ0v) is 14.5. The fourth-order valence-electron chi connectivity index (χ4n) is 2.89. The SMILES string of the molecule is COc1ccc(-c2ncc3c(n2)CCN(C(=O)CC(C)C)C3)cc1. The van der Waals surface area contributed by atoms with Crippen molar-refractivity contribution in [2.75, 3.05) is 13.7 Å². The zero-order valence-electron chi connectivity index (χ0n) is 14.5.